The summed E-state index contributed by atoms with van der Waals surface area (Å²) in [5.41, 5.74) is -3.96. The Morgan fingerprint density at radius 1 is 1.08 bits per heavy atom. The molecule has 0 amide bonds. The van der Waals surface area contributed by atoms with Crippen molar-refractivity contribution < 1.29 is 31.1 Å². The van der Waals surface area contributed by atoms with Gasteiger partial charge in [-0.1, -0.05) is 41.9 Å². The zero-order valence-electron chi connectivity index (χ0n) is 12.4. The van der Waals surface area contributed by atoms with Crippen molar-refractivity contribution in [2.24, 2.45) is 0 Å². The second kappa shape index (κ2) is 6.91. The van der Waals surface area contributed by atoms with Gasteiger partial charge in [-0.2, -0.15) is 13.2 Å². The zero-order chi connectivity index (χ0) is 18.9. The minimum Gasteiger partial charge on any atom is -0.375 e. The molecule has 0 unspecified atom stereocenters. The smallest absolute Gasteiger partial charge is 0.375 e. The van der Waals surface area contributed by atoms with Crippen molar-refractivity contribution >= 4 is 21.6 Å². The molecule has 0 bridgehead atoms. The Kier molecular flexibility index (Phi) is 5.43. The van der Waals surface area contributed by atoms with Crippen LogP contribution in [0, 0.1) is 5.82 Å². The first-order valence-corrected chi connectivity index (χ1v) is 8.63. The molecule has 2 aromatic carbocycles. The van der Waals surface area contributed by atoms with Gasteiger partial charge in [-0.15, -0.1) is 0 Å². The van der Waals surface area contributed by atoms with Crippen LogP contribution >= 0.6 is 11.6 Å². The fraction of sp³-hybridized carbons (Fsp3) is 0.200. The van der Waals surface area contributed by atoms with Crippen molar-refractivity contribution in [3.8, 4) is 0 Å². The molecule has 10 heteroatoms. The van der Waals surface area contributed by atoms with Crippen LogP contribution in [0.3, 0.4) is 0 Å². The van der Waals surface area contributed by atoms with Gasteiger partial charge in [0.1, 0.15) is 5.82 Å². The van der Waals surface area contributed by atoms with Crippen LogP contribution in [0.1, 0.15) is 5.56 Å². The number of rotatable bonds is 5. The Bertz CT molecular complexity index is 859. The predicted molar refractivity (Wildman–Crippen MR) is 83.0 cm³/mol. The Morgan fingerprint density at radius 3 is 2.20 bits per heavy atom. The minimum absolute atomic E-state index is 0.503. The number of hydrogen-bond acceptors (Lipinski definition) is 3. The monoisotopic (exact) mass is 397 g/mol. The number of halogens is 5. The third kappa shape index (κ3) is 4.12. The van der Waals surface area contributed by atoms with Crippen molar-refractivity contribution in [2.45, 2.75) is 16.7 Å². The van der Waals surface area contributed by atoms with E-state index in [1.165, 1.54) is 18.2 Å². The maximum Gasteiger partial charge on any atom is 0.422 e. The number of hydrogen-bond donors (Lipinski definition) is 2. The minimum atomic E-state index is -5.14. The molecule has 2 rings (SSSR count). The maximum atomic E-state index is 13.3. The highest BCUT2D eigenvalue weighted by Crippen LogP contribution is 2.38. The SMILES string of the molecule is O=S(=O)(NC[C@](O)(c1ccccc1)C(F)(F)F)c1ccc(F)c(Cl)c1. The highest BCUT2D eigenvalue weighted by molar-refractivity contribution is 7.89. The maximum absolute atomic E-state index is 13.3. The fourth-order valence-corrected chi connectivity index (χ4v) is 3.34. The topological polar surface area (TPSA) is 66.4 Å². The number of nitrogens with one attached hydrogen (secondary N) is 1. The molecule has 136 valence electrons. The van der Waals surface area contributed by atoms with E-state index in [1.54, 1.807) is 4.72 Å². The van der Waals surface area contributed by atoms with Gasteiger partial charge < -0.3 is 5.11 Å². The normalized spacial score (nSPS) is 15.0. The van der Waals surface area contributed by atoms with Crippen LogP contribution in [0.4, 0.5) is 17.6 Å². The molecule has 0 aliphatic rings. The lowest BCUT2D eigenvalue weighted by Gasteiger charge is -2.31. The number of alkyl halides is 3. The molecule has 2 aromatic rings. The van der Waals surface area contributed by atoms with Gasteiger partial charge in [0, 0.05) is 0 Å². The Morgan fingerprint density at radius 2 is 1.68 bits per heavy atom. The summed E-state index contributed by atoms with van der Waals surface area (Å²) in [5.74, 6) is -0.878. The summed E-state index contributed by atoms with van der Waals surface area (Å²) in [4.78, 5) is -0.531. The van der Waals surface area contributed by atoms with Gasteiger partial charge >= 0.3 is 6.18 Å². The van der Waals surface area contributed by atoms with Gasteiger partial charge in [0.15, 0.2) is 5.60 Å². The first kappa shape index (κ1) is 19.6. The fourth-order valence-electron chi connectivity index (χ4n) is 2.01. The molecule has 0 radical (unpaired) electrons. The van der Waals surface area contributed by atoms with Crippen LogP contribution in [0.15, 0.2) is 53.4 Å². The third-order valence-corrected chi connectivity index (χ3v) is 5.13. The zero-order valence-corrected chi connectivity index (χ0v) is 14.0. The average molecular weight is 398 g/mol. The molecular formula is C15H12ClF4NO3S. The van der Waals surface area contributed by atoms with E-state index in [9.17, 15) is 31.1 Å². The second-order valence-corrected chi connectivity index (χ2v) is 7.30. The molecule has 0 fully saturated rings. The molecule has 2 N–H and O–H groups in total. The third-order valence-electron chi connectivity index (χ3n) is 3.44. The molecule has 0 aliphatic heterocycles. The van der Waals surface area contributed by atoms with E-state index in [0.29, 0.717) is 0 Å². The first-order valence-electron chi connectivity index (χ1n) is 6.77. The molecule has 0 heterocycles. The summed E-state index contributed by atoms with van der Waals surface area (Å²) in [5, 5.41) is 9.59. The van der Waals surface area contributed by atoms with Crippen LogP contribution in [-0.2, 0) is 15.6 Å². The average Bonchev–Trinajstić information content (AvgIpc) is 2.55. The van der Waals surface area contributed by atoms with Gasteiger partial charge in [-0.05, 0) is 23.8 Å². The molecule has 25 heavy (non-hydrogen) atoms. The summed E-state index contributed by atoms with van der Waals surface area (Å²) in [6.45, 7) is -1.36. The molecule has 0 spiro atoms. The largest absolute Gasteiger partial charge is 0.422 e. The Labute approximate surface area is 146 Å². The lowest BCUT2D eigenvalue weighted by Crippen LogP contribution is -2.51. The quantitative estimate of drug-likeness (QED) is 0.761. The summed E-state index contributed by atoms with van der Waals surface area (Å²) in [6.07, 6.45) is -5.14. The standard InChI is InChI=1S/C15H12ClF4NO3S/c16-12-8-11(6-7-13(12)17)25(23,24)21-9-14(22,15(18,19)20)10-4-2-1-3-5-10/h1-8,21-22H,9H2/t14-/m0/s1. The first-order chi connectivity index (χ1) is 11.5. The molecule has 0 saturated heterocycles. The van der Waals surface area contributed by atoms with Gasteiger partial charge in [0.05, 0.1) is 16.5 Å². The van der Waals surface area contributed by atoms with E-state index >= 15 is 0 Å². The Balaban J connectivity index is 2.33. The predicted octanol–water partition coefficient (Wildman–Crippen LogP) is 3.21. The second-order valence-electron chi connectivity index (χ2n) is 5.12. The molecular weight excluding hydrogens is 386 g/mol. The summed E-state index contributed by atoms with van der Waals surface area (Å²) in [6, 6.07) is 8.43. The van der Waals surface area contributed by atoms with E-state index in [0.717, 1.165) is 30.3 Å². The Hall–Kier alpha value is -1.68. The molecule has 1 atom stereocenters. The molecule has 0 aliphatic carbocycles. The summed E-state index contributed by atoms with van der Waals surface area (Å²) in [7, 11) is -4.46. The van der Waals surface area contributed by atoms with Gasteiger partial charge in [0.2, 0.25) is 10.0 Å². The summed E-state index contributed by atoms with van der Waals surface area (Å²) < 4.78 is 79.0. The number of aliphatic hydroxyl groups is 1. The van der Waals surface area contributed by atoms with Crippen molar-refractivity contribution in [3.05, 3.63) is 64.9 Å². The van der Waals surface area contributed by atoms with Gasteiger partial charge in [-0.25, -0.2) is 17.5 Å². The number of sulfonamides is 1. The highest BCUT2D eigenvalue weighted by Gasteiger charge is 2.55. The molecule has 0 aromatic heterocycles. The molecule has 4 nitrogen and oxygen atoms in total. The van der Waals surface area contributed by atoms with Crippen LogP contribution in [-0.4, -0.2) is 26.2 Å². The van der Waals surface area contributed by atoms with E-state index < -0.39 is 49.6 Å². The van der Waals surface area contributed by atoms with E-state index in [4.69, 9.17) is 11.6 Å². The van der Waals surface area contributed by atoms with Crippen molar-refractivity contribution in [3.63, 3.8) is 0 Å². The van der Waals surface area contributed by atoms with Gasteiger partial charge in [-0.3, -0.25) is 0 Å². The van der Waals surface area contributed by atoms with Crippen molar-refractivity contribution in [1.29, 1.82) is 0 Å². The lowest BCUT2D eigenvalue weighted by atomic mass is 9.93. The highest BCUT2D eigenvalue weighted by atomic mass is 35.5. The van der Waals surface area contributed by atoms with Crippen molar-refractivity contribution in [2.75, 3.05) is 6.54 Å². The van der Waals surface area contributed by atoms with Gasteiger partial charge in [0.25, 0.3) is 0 Å². The van der Waals surface area contributed by atoms with Crippen LogP contribution < -0.4 is 4.72 Å². The number of benzene rings is 2. The van der Waals surface area contributed by atoms with E-state index in [1.807, 2.05) is 0 Å². The van der Waals surface area contributed by atoms with Crippen LogP contribution in [0.25, 0.3) is 0 Å². The van der Waals surface area contributed by atoms with Crippen LogP contribution in [0.2, 0.25) is 5.02 Å². The van der Waals surface area contributed by atoms with E-state index in [-0.39, 0.29) is 0 Å². The molecule has 0 saturated carbocycles. The lowest BCUT2D eigenvalue weighted by molar-refractivity contribution is -0.263. The van der Waals surface area contributed by atoms with Crippen molar-refractivity contribution in [1.82, 2.24) is 4.72 Å². The van der Waals surface area contributed by atoms with Crippen LogP contribution in [0.5, 0.6) is 0 Å². The van der Waals surface area contributed by atoms with E-state index in [2.05, 4.69) is 0 Å². The summed E-state index contributed by atoms with van der Waals surface area (Å²) >= 11 is 5.48.